The maximum absolute atomic E-state index is 12.6. The van der Waals surface area contributed by atoms with Crippen LogP contribution >= 0.6 is 0 Å². The van der Waals surface area contributed by atoms with Gasteiger partial charge in [0.2, 0.25) is 11.9 Å². The van der Waals surface area contributed by atoms with E-state index in [-0.39, 0.29) is 11.9 Å². The van der Waals surface area contributed by atoms with Gasteiger partial charge in [-0.05, 0) is 32.1 Å². The highest BCUT2D eigenvalue weighted by molar-refractivity contribution is 5.97. The van der Waals surface area contributed by atoms with E-state index in [0.29, 0.717) is 30.7 Å². The molecule has 3 heterocycles. The van der Waals surface area contributed by atoms with Gasteiger partial charge in [-0.1, -0.05) is 36.6 Å². The molecule has 8 nitrogen and oxygen atoms in total. The van der Waals surface area contributed by atoms with E-state index in [9.17, 15) is 4.79 Å². The topological polar surface area (TPSA) is 79.8 Å². The molecule has 1 amide bonds. The van der Waals surface area contributed by atoms with Gasteiger partial charge in [0, 0.05) is 26.1 Å². The molecule has 1 N–H and O–H groups in total. The van der Waals surface area contributed by atoms with Crippen molar-refractivity contribution in [3.63, 3.8) is 0 Å². The molecule has 1 aromatic heterocycles. The highest BCUT2D eigenvalue weighted by atomic mass is 16.5. The van der Waals surface area contributed by atoms with E-state index in [1.165, 1.54) is 24.7 Å². The first-order chi connectivity index (χ1) is 16.2. The molecule has 2 aliphatic carbocycles. The van der Waals surface area contributed by atoms with E-state index >= 15 is 0 Å². The highest BCUT2D eigenvalue weighted by Crippen LogP contribution is 2.36. The van der Waals surface area contributed by atoms with Gasteiger partial charge in [-0.25, -0.2) is 4.98 Å². The van der Waals surface area contributed by atoms with Crippen molar-refractivity contribution in [1.82, 2.24) is 9.97 Å². The molecule has 1 aromatic rings. The SMILES string of the molecule is CN1C(=O)CCN(C2CCCC2)c2nc(NC(CC3=CC=CCC3)C3=COC=CO3)ncc21. The minimum Gasteiger partial charge on any atom is -0.466 e. The van der Waals surface area contributed by atoms with Crippen molar-refractivity contribution in [1.29, 1.82) is 0 Å². The zero-order valence-electron chi connectivity index (χ0n) is 19.1. The zero-order chi connectivity index (χ0) is 22.6. The summed E-state index contributed by atoms with van der Waals surface area (Å²) in [4.78, 5) is 26.1. The largest absolute Gasteiger partial charge is 0.466 e. The summed E-state index contributed by atoms with van der Waals surface area (Å²) in [5.41, 5.74) is 2.10. The maximum atomic E-state index is 12.6. The van der Waals surface area contributed by atoms with Crippen LogP contribution < -0.4 is 15.1 Å². The first kappa shape index (κ1) is 21.6. The molecule has 33 heavy (non-hydrogen) atoms. The van der Waals surface area contributed by atoms with E-state index in [0.717, 1.165) is 43.6 Å². The van der Waals surface area contributed by atoms with Gasteiger partial charge in [0.05, 0.1) is 12.2 Å². The van der Waals surface area contributed by atoms with E-state index in [1.807, 2.05) is 7.05 Å². The molecule has 2 aliphatic heterocycles. The molecule has 0 bridgehead atoms. The second-order valence-corrected chi connectivity index (χ2v) is 8.98. The molecule has 1 fully saturated rings. The van der Waals surface area contributed by atoms with Gasteiger partial charge in [0.1, 0.15) is 24.5 Å². The van der Waals surface area contributed by atoms with Crippen LogP contribution in [-0.2, 0) is 14.3 Å². The van der Waals surface area contributed by atoms with Crippen LogP contribution in [0.1, 0.15) is 51.4 Å². The Bertz CT molecular complexity index is 1010. The van der Waals surface area contributed by atoms with Crippen LogP contribution in [0.2, 0.25) is 0 Å². The molecule has 174 valence electrons. The van der Waals surface area contributed by atoms with Crippen LogP contribution in [0.25, 0.3) is 0 Å². The fourth-order valence-corrected chi connectivity index (χ4v) is 4.98. The number of nitrogens with one attached hydrogen (secondary N) is 1. The van der Waals surface area contributed by atoms with Crippen LogP contribution in [0, 0.1) is 0 Å². The Labute approximate surface area is 194 Å². The van der Waals surface area contributed by atoms with Crippen molar-refractivity contribution in [3.8, 4) is 0 Å². The van der Waals surface area contributed by atoms with Crippen molar-refractivity contribution in [3.05, 3.63) is 54.5 Å². The summed E-state index contributed by atoms with van der Waals surface area (Å²) in [6.45, 7) is 0.687. The third-order valence-electron chi connectivity index (χ3n) is 6.83. The third-order valence-corrected chi connectivity index (χ3v) is 6.83. The van der Waals surface area contributed by atoms with Crippen molar-refractivity contribution in [2.75, 3.05) is 28.7 Å². The molecule has 1 atom stereocenters. The number of amides is 1. The Morgan fingerprint density at radius 1 is 1.24 bits per heavy atom. The summed E-state index contributed by atoms with van der Waals surface area (Å²) >= 11 is 0. The van der Waals surface area contributed by atoms with E-state index in [1.54, 1.807) is 23.6 Å². The van der Waals surface area contributed by atoms with Gasteiger partial charge in [0.15, 0.2) is 11.6 Å². The van der Waals surface area contributed by atoms with E-state index < -0.39 is 0 Å². The number of hydrogen-bond acceptors (Lipinski definition) is 7. The quantitative estimate of drug-likeness (QED) is 0.690. The van der Waals surface area contributed by atoms with Crippen LogP contribution in [-0.4, -0.2) is 41.6 Å². The Morgan fingerprint density at radius 2 is 2.12 bits per heavy atom. The minimum absolute atomic E-state index is 0.0981. The minimum atomic E-state index is -0.171. The van der Waals surface area contributed by atoms with Gasteiger partial charge in [-0.3, -0.25) is 4.79 Å². The van der Waals surface area contributed by atoms with E-state index in [4.69, 9.17) is 14.5 Å². The third kappa shape index (κ3) is 4.74. The summed E-state index contributed by atoms with van der Waals surface area (Å²) in [5, 5.41) is 3.48. The van der Waals surface area contributed by atoms with Gasteiger partial charge in [-0.15, -0.1) is 0 Å². The van der Waals surface area contributed by atoms with Gasteiger partial charge >= 0.3 is 0 Å². The lowest BCUT2D eigenvalue weighted by molar-refractivity contribution is -0.118. The molecular formula is C25H31N5O3. The summed E-state index contributed by atoms with van der Waals surface area (Å²) in [6.07, 6.45) is 20.9. The summed E-state index contributed by atoms with van der Waals surface area (Å²) in [7, 11) is 1.81. The second kappa shape index (κ2) is 9.68. The number of anilines is 3. The first-order valence-corrected chi connectivity index (χ1v) is 11.9. The number of hydrogen-bond donors (Lipinski definition) is 1. The fourth-order valence-electron chi connectivity index (χ4n) is 4.98. The number of carbonyl (C=O) groups excluding carboxylic acids is 1. The lowest BCUT2D eigenvalue weighted by Crippen LogP contribution is -2.35. The van der Waals surface area contributed by atoms with Crippen molar-refractivity contribution < 1.29 is 14.3 Å². The number of aromatic nitrogens is 2. The standard InChI is InChI=1S/C25H31N5O3/c1-29-21-16-26-25(28-24(21)30(12-11-23(29)31)19-9-5-6-10-19)27-20(22-17-32-13-14-33-22)15-18-7-3-2-4-8-18/h2-3,7,13-14,16-17,19-20H,4-6,8-12,15H2,1H3,(H,26,27,28). The van der Waals surface area contributed by atoms with Gasteiger partial charge in [0.25, 0.3) is 0 Å². The predicted octanol–water partition coefficient (Wildman–Crippen LogP) is 4.40. The summed E-state index contributed by atoms with van der Waals surface area (Å²) < 4.78 is 11.1. The molecular weight excluding hydrogens is 418 g/mol. The molecule has 0 spiro atoms. The lowest BCUT2D eigenvalue weighted by Gasteiger charge is -2.30. The zero-order valence-corrected chi connectivity index (χ0v) is 19.1. The van der Waals surface area contributed by atoms with Crippen LogP contribution in [0.3, 0.4) is 0 Å². The molecule has 8 heteroatoms. The Kier molecular flexibility index (Phi) is 6.32. The molecule has 0 radical (unpaired) electrons. The number of fused-ring (bicyclic) bond motifs is 1. The Morgan fingerprint density at radius 3 is 2.88 bits per heavy atom. The van der Waals surface area contributed by atoms with Crippen molar-refractivity contribution >= 4 is 23.4 Å². The average Bonchev–Trinajstić information content (AvgIpc) is 3.35. The molecule has 0 aromatic carbocycles. The van der Waals surface area contributed by atoms with Gasteiger partial charge < -0.3 is 24.6 Å². The van der Waals surface area contributed by atoms with Crippen LogP contribution in [0.15, 0.2) is 54.5 Å². The molecule has 0 saturated heterocycles. The van der Waals surface area contributed by atoms with E-state index in [2.05, 4.69) is 33.4 Å². The fraction of sp³-hybridized carbons (Fsp3) is 0.480. The molecule has 1 unspecified atom stereocenters. The molecule has 1 saturated carbocycles. The highest BCUT2D eigenvalue weighted by Gasteiger charge is 2.32. The Hall–Kier alpha value is -3.29. The van der Waals surface area contributed by atoms with Crippen molar-refractivity contribution in [2.45, 2.75) is 63.5 Å². The number of carbonyl (C=O) groups is 1. The van der Waals surface area contributed by atoms with Crippen LogP contribution in [0.5, 0.6) is 0 Å². The average molecular weight is 450 g/mol. The number of allylic oxidation sites excluding steroid dienone is 3. The number of nitrogens with zero attached hydrogens (tertiary/aromatic N) is 4. The molecule has 5 rings (SSSR count). The smallest absolute Gasteiger partial charge is 0.228 e. The monoisotopic (exact) mass is 449 g/mol. The Balaban J connectivity index is 1.45. The second-order valence-electron chi connectivity index (χ2n) is 8.98. The summed E-state index contributed by atoms with van der Waals surface area (Å²) in [6, 6.07) is 0.250. The predicted molar refractivity (Wildman–Crippen MR) is 128 cm³/mol. The number of ether oxygens (including phenoxy) is 2. The first-order valence-electron chi connectivity index (χ1n) is 11.9. The number of rotatable bonds is 6. The molecule has 4 aliphatic rings. The van der Waals surface area contributed by atoms with Crippen LogP contribution in [0.4, 0.5) is 17.5 Å². The van der Waals surface area contributed by atoms with Gasteiger partial charge in [-0.2, -0.15) is 4.98 Å². The van der Waals surface area contributed by atoms with Crippen molar-refractivity contribution in [2.24, 2.45) is 0 Å². The normalized spacial score (nSPS) is 21.5. The summed E-state index contributed by atoms with van der Waals surface area (Å²) in [5.74, 6) is 2.14. The lowest BCUT2D eigenvalue weighted by atomic mass is 9.97. The maximum Gasteiger partial charge on any atom is 0.228 e.